The minimum absolute atomic E-state index is 0.291. The first-order chi connectivity index (χ1) is 12.1. The first-order valence-corrected chi connectivity index (χ1v) is 8.14. The lowest BCUT2D eigenvalue weighted by molar-refractivity contribution is -0.101. The SMILES string of the molecule is COC(Cc1ccccc1[C@@H](O)[C@H](CO)C(=O)c1ccccc1)OC. The smallest absolute Gasteiger partial charge is 0.171 e. The minimum Gasteiger partial charge on any atom is -0.395 e. The van der Waals surface area contributed by atoms with E-state index >= 15 is 0 Å². The fourth-order valence-electron chi connectivity index (χ4n) is 2.81. The van der Waals surface area contributed by atoms with Crippen LogP contribution >= 0.6 is 0 Å². The molecule has 0 bridgehead atoms. The molecule has 0 saturated heterocycles. The zero-order valence-corrected chi connectivity index (χ0v) is 14.5. The van der Waals surface area contributed by atoms with Gasteiger partial charge in [-0.15, -0.1) is 0 Å². The third kappa shape index (κ3) is 4.74. The maximum absolute atomic E-state index is 12.7. The van der Waals surface area contributed by atoms with Crippen LogP contribution in [0.1, 0.15) is 27.6 Å². The van der Waals surface area contributed by atoms with Crippen molar-refractivity contribution in [3.8, 4) is 0 Å². The van der Waals surface area contributed by atoms with Crippen molar-refractivity contribution in [1.82, 2.24) is 0 Å². The molecule has 0 aliphatic carbocycles. The van der Waals surface area contributed by atoms with Crippen molar-refractivity contribution in [2.24, 2.45) is 5.92 Å². The second-order valence-electron chi connectivity index (χ2n) is 5.77. The van der Waals surface area contributed by atoms with E-state index in [4.69, 9.17) is 9.47 Å². The molecule has 0 radical (unpaired) electrons. The molecule has 0 fully saturated rings. The minimum atomic E-state index is -1.12. The number of ketones is 1. The van der Waals surface area contributed by atoms with Crippen LogP contribution in [0, 0.1) is 5.92 Å². The maximum Gasteiger partial charge on any atom is 0.171 e. The molecular formula is C20H24O5. The molecule has 0 saturated carbocycles. The average molecular weight is 344 g/mol. The Bertz CT molecular complexity index is 667. The summed E-state index contributed by atoms with van der Waals surface area (Å²) < 4.78 is 10.4. The number of ether oxygens (including phenoxy) is 2. The highest BCUT2D eigenvalue weighted by atomic mass is 16.7. The Morgan fingerprint density at radius 1 is 1.00 bits per heavy atom. The molecule has 5 heteroatoms. The molecule has 0 aliphatic heterocycles. The van der Waals surface area contributed by atoms with Crippen LogP contribution in [0.3, 0.4) is 0 Å². The van der Waals surface area contributed by atoms with Crippen LogP contribution in [0.25, 0.3) is 0 Å². The number of rotatable bonds is 9. The van der Waals surface area contributed by atoms with Crippen LogP contribution in [0.5, 0.6) is 0 Å². The van der Waals surface area contributed by atoms with Gasteiger partial charge in [-0.3, -0.25) is 4.79 Å². The van der Waals surface area contributed by atoms with Crippen molar-refractivity contribution in [1.29, 1.82) is 0 Å². The Balaban J connectivity index is 2.28. The molecule has 0 aliphatic rings. The van der Waals surface area contributed by atoms with E-state index in [0.29, 0.717) is 17.5 Å². The zero-order valence-electron chi connectivity index (χ0n) is 14.5. The van der Waals surface area contributed by atoms with Crippen LogP contribution < -0.4 is 0 Å². The van der Waals surface area contributed by atoms with Crippen LogP contribution in [-0.4, -0.2) is 43.1 Å². The van der Waals surface area contributed by atoms with Crippen LogP contribution in [0.2, 0.25) is 0 Å². The zero-order chi connectivity index (χ0) is 18.2. The van der Waals surface area contributed by atoms with Gasteiger partial charge in [0.2, 0.25) is 0 Å². The van der Waals surface area contributed by atoms with Gasteiger partial charge < -0.3 is 19.7 Å². The quantitative estimate of drug-likeness (QED) is 0.539. The molecule has 0 heterocycles. The summed E-state index contributed by atoms with van der Waals surface area (Å²) in [5.74, 6) is -1.23. The van der Waals surface area contributed by atoms with E-state index in [0.717, 1.165) is 5.56 Å². The number of hydrogen-bond acceptors (Lipinski definition) is 5. The van der Waals surface area contributed by atoms with Crippen molar-refractivity contribution < 1.29 is 24.5 Å². The van der Waals surface area contributed by atoms with Crippen molar-refractivity contribution in [2.45, 2.75) is 18.8 Å². The highest BCUT2D eigenvalue weighted by molar-refractivity contribution is 5.98. The van der Waals surface area contributed by atoms with E-state index in [9.17, 15) is 15.0 Å². The summed E-state index contributed by atoms with van der Waals surface area (Å²) in [7, 11) is 3.09. The summed E-state index contributed by atoms with van der Waals surface area (Å²) in [4.78, 5) is 12.7. The lowest BCUT2D eigenvalue weighted by Gasteiger charge is -2.24. The highest BCUT2D eigenvalue weighted by Crippen LogP contribution is 2.28. The number of carbonyl (C=O) groups excluding carboxylic acids is 1. The van der Waals surface area contributed by atoms with E-state index in [2.05, 4.69) is 0 Å². The molecular weight excluding hydrogens is 320 g/mol. The third-order valence-corrected chi connectivity index (χ3v) is 4.26. The molecule has 25 heavy (non-hydrogen) atoms. The number of aliphatic hydroxyl groups excluding tert-OH is 2. The molecule has 2 aromatic carbocycles. The Morgan fingerprint density at radius 2 is 1.60 bits per heavy atom. The largest absolute Gasteiger partial charge is 0.395 e. The second kappa shape index (κ2) is 9.44. The number of carbonyl (C=O) groups is 1. The van der Waals surface area contributed by atoms with Crippen molar-refractivity contribution in [3.63, 3.8) is 0 Å². The van der Waals surface area contributed by atoms with Crippen molar-refractivity contribution >= 4 is 5.78 Å². The molecule has 0 spiro atoms. The fourth-order valence-corrected chi connectivity index (χ4v) is 2.81. The number of benzene rings is 2. The number of hydrogen-bond donors (Lipinski definition) is 2. The van der Waals surface area contributed by atoms with Gasteiger partial charge in [0.05, 0.1) is 18.6 Å². The lowest BCUT2D eigenvalue weighted by Crippen LogP contribution is -2.27. The Morgan fingerprint density at radius 3 is 2.20 bits per heavy atom. The van der Waals surface area contributed by atoms with Crippen molar-refractivity contribution in [2.75, 3.05) is 20.8 Å². The molecule has 2 N–H and O–H groups in total. The lowest BCUT2D eigenvalue weighted by atomic mass is 9.86. The van der Waals surface area contributed by atoms with Crippen LogP contribution in [0.15, 0.2) is 54.6 Å². The first-order valence-electron chi connectivity index (χ1n) is 8.14. The molecule has 2 rings (SSSR count). The summed E-state index contributed by atoms with van der Waals surface area (Å²) >= 11 is 0. The van der Waals surface area contributed by atoms with Gasteiger partial charge in [0.15, 0.2) is 12.1 Å². The molecule has 0 amide bonds. The van der Waals surface area contributed by atoms with Gasteiger partial charge >= 0.3 is 0 Å². The Hall–Kier alpha value is -2.05. The van der Waals surface area contributed by atoms with Crippen molar-refractivity contribution in [3.05, 3.63) is 71.3 Å². The average Bonchev–Trinajstić information content (AvgIpc) is 2.67. The monoisotopic (exact) mass is 344 g/mol. The van der Waals surface area contributed by atoms with E-state index in [1.807, 2.05) is 18.2 Å². The van der Waals surface area contributed by atoms with Gasteiger partial charge in [0.1, 0.15) is 0 Å². The second-order valence-corrected chi connectivity index (χ2v) is 5.77. The third-order valence-electron chi connectivity index (χ3n) is 4.26. The molecule has 2 atom stereocenters. The van der Waals surface area contributed by atoms with E-state index < -0.39 is 24.9 Å². The van der Waals surface area contributed by atoms with Gasteiger partial charge in [0.25, 0.3) is 0 Å². The Labute approximate surface area is 147 Å². The number of Topliss-reactive ketones (excluding diaryl/α,β-unsaturated/α-hetero) is 1. The van der Waals surface area contributed by atoms with E-state index in [1.54, 1.807) is 50.6 Å². The summed E-state index contributed by atoms with van der Waals surface area (Å²) in [5.41, 5.74) is 1.86. The standard InChI is InChI=1S/C20H24O5/c1-24-18(25-2)12-15-10-6-7-11-16(15)20(23)17(13-21)19(22)14-8-4-3-5-9-14/h3-11,17-18,20-21,23H,12-13H2,1-2H3/t17-,20-/m1/s1. The van der Waals surface area contributed by atoms with Gasteiger partial charge in [-0.1, -0.05) is 54.6 Å². The summed E-state index contributed by atoms with van der Waals surface area (Å²) in [6.07, 6.45) is -1.15. The number of methoxy groups -OCH3 is 2. The molecule has 0 aromatic heterocycles. The van der Waals surface area contributed by atoms with Gasteiger partial charge in [-0.2, -0.15) is 0 Å². The van der Waals surface area contributed by atoms with E-state index in [-0.39, 0.29) is 5.78 Å². The predicted molar refractivity (Wildman–Crippen MR) is 94.3 cm³/mol. The van der Waals surface area contributed by atoms with E-state index in [1.165, 1.54) is 0 Å². The molecule has 134 valence electrons. The summed E-state index contributed by atoms with van der Waals surface area (Å²) in [6, 6.07) is 15.9. The normalized spacial score (nSPS) is 13.6. The van der Waals surface area contributed by atoms with Crippen LogP contribution in [0.4, 0.5) is 0 Å². The molecule has 0 unspecified atom stereocenters. The predicted octanol–water partition coefficient (Wildman–Crippen LogP) is 2.37. The summed E-state index contributed by atoms with van der Waals surface area (Å²) in [6.45, 7) is -0.443. The number of aliphatic hydroxyl groups is 2. The fraction of sp³-hybridized carbons (Fsp3) is 0.350. The summed E-state index contributed by atoms with van der Waals surface area (Å²) in [5, 5.41) is 20.5. The first kappa shape index (κ1) is 19.3. The molecule has 5 nitrogen and oxygen atoms in total. The van der Waals surface area contributed by atoms with Crippen LogP contribution in [-0.2, 0) is 15.9 Å². The van der Waals surface area contributed by atoms with Gasteiger partial charge in [0, 0.05) is 26.2 Å². The topological polar surface area (TPSA) is 76.0 Å². The van der Waals surface area contributed by atoms with Gasteiger partial charge in [-0.25, -0.2) is 0 Å². The molecule has 2 aromatic rings. The maximum atomic E-state index is 12.7. The van der Waals surface area contributed by atoms with Gasteiger partial charge in [-0.05, 0) is 11.1 Å². The Kier molecular flexibility index (Phi) is 7.28. The highest BCUT2D eigenvalue weighted by Gasteiger charge is 2.30.